The second-order valence-corrected chi connectivity index (χ2v) is 9.85. The topological polar surface area (TPSA) is 38.3 Å². The van der Waals surface area contributed by atoms with Crippen LogP contribution in [0.3, 0.4) is 0 Å². The molecule has 0 unspecified atom stereocenters. The smallest absolute Gasteiger partial charge is 0.185 e. The SMILES string of the molecule is C=C[C@@H]1Oc2ccc(Cl)cc2NC12C=C(C(C)(C)C)C(=O)C(C(C)(C)C)=C2. The standard InChI is InChI=1S/C23H28ClNO2/c1-8-19-23(25-17-11-14(24)9-10-18(17)27-19)12-15(21(2,3)4)20(26)16(13-23)22(5,6)7/h8-13,19,25H,1H2,2-7H3/t19-/m0/s1. The Labute approximate surface area is 167 Å². The summed E-state index contributed by atoms with van der Waals surface area (Å²) in [5.74, 6) is 0.824. The van der Waals surface area contributed by atoms with Crippen molar-refractivity contribution < 1.29 is 9.53 Å². The van der Waals surface area contributed by atoms with Gasteiger partial charge in [0.2, 0.25) is 0 Å². The Morgan fingerprint density at radius 3 is 2.15 bits per heavy atom. The number of ether oxygens (including phenoxy) is 1. The van der Waals surface area contributed by atoms with E-state index < -0.39 is 5.54 Å². The molecule has 1 N–H and O–H groups in total. The van der Waals surface area contributed by atoms with E-state index in [0.29, 0.717) is 5.02 Å². The number of allylic oxidation sites excluding steroid dienone is 2. The van der Waals surface area contributed by atoms with Crippen LogP contribution in [0.4, 0.5) is 5.69 Å². The van der Waals surface area contributed by atoms with Gasteiger partial charge in [-0.2, -0.15) is 0 Å². The normalized spacial score (nSPS) is 21.6. The Balaban J connectivity index is 2.26. The van der Waals surface area contributed by atoms with E-state index in [0.717, 1.165) is 22.6 Å². The van der Waals surface area contributed by atoms with Crippen molar-refractivity contribution in [3.8, 4) is 5.75 Å². The lowest BCUT2D eigenvalue weighted by Gasteiger charge is -2.46. The largest absolute Gasteiger partial charge is 0.481 e. The quantitative estimate of drug-likeness (QED) is 0.605. The Morgan fingerprint density at radius 2 is 1.67 bits per heavy atom. The number of Topliss-reactive ketones (excluding diaryl/α,β-unsaturated/α-hetero) is 1. The van der Waals surface area contributed by atoms with Crippen LogP contribution in [0.25, 0.3) is 0 Å². The molecule has 1 aromatic rings. The number of anilines is 1. The van der Waals surface area contributed by atoms with E-state index in [-0.39, 0.29) is 22.7 Å². The van der Waals surface area contributed by atoms with Crippen LogP contribution in [0.5, 0.6) is 5.75 Å². The molecule has 2 aliphatic rings. The highest BCUT2D eigenvalue weighted by Gasteiger charge is 2.47. The van der Waals surface area contributed by atoms with Crippen LogP contribution in [-0.2, 0) is 4.79 Å². The Hall–Kier alpha value is -2.00. The first-order valence-electron chi connectivity index (χ1n) is 9.26. The molecule has 27 heavy (non-hydrogen) atoms. The van der Waals surface area contributed by atoms with Crippen LogP contribution in [0.2, 0.25) is 5.02 Å². The number of hydrogen-bond acceptors (Lipinski definition) is 3. The van der Waals surface area contributed by atoms with Gasteiger partial charge in [0, 0.05) is 16.2 Å². The fourth-order valence-electron chi connectivity index (χ4n) is 3.63. The van der Waals surface area contributed by atoms with Gasteiger partial charge in [0.25, 0.3) is 0 Å². The molecule has 1 aliphatic carbocycles. The molecule has 3 nitrogen and oxygen atoms in total. The van der Waals surface area contributed by atoms with Crippen LogP contribution in [0.15, 0.2) is 54.2 Å². The Bertz CT molecular complexity index is 831. The number of ketones is 1. The van der Waals surface area contributed by atoms with Crippen molar-refractivity contribution >= 4 is 23.1 Å². The number of hydrogen-bond donors (Lipinski definition) is 1. The first-order chi connectivity index (χ1) is 12.4. The van der Waals surface area contributed by atoms with Crippen molar-refractivity contribution in [3.05, 3.63) is 59.2 Å². The Kier molecular flexibility index (Phi) is 4.59. The highest BCUT2D eigenvalue weighted by molar-refractivity contribution is 6.31. The summed E-state index contributed by atoms with van der Waals surface area (Å²) in [6.45, 7) is 16.4. The second kappa shape index (κ2) is 6.27. The summed E-state index contributed by atoms with van der Waals surface area (Å²) in [6, 6.07) is 5.51. The van der Waals surface area contributed by atoms with E-state index in [1.807, 2.05) is 24.3 Å². The molecule has 0 bridgehead atoms. The number of halogens is 1. The molecule has 1 spiro atoms. The summed E-state index contributed by atoms with van der Waals surface area (Å²) in [5, 5.41) is 4.22. The molecule has 0 fully saturated rings. The lowest BCUT2D eigenvalue weighted by Crippen LogP contribution is -2.54. The summed E-state index contributed by atoms with van der Waals surface area (Å²) < 4.78 is 6.25. The van der Waals surface area contributed by atoms with E-state index in [1.165, 1.54) is 0 Å². The van der Waals surface area contributed by atoms with Crippen molar-refractivity contribution in [1.29, 1.82) is 0 Å². The van der Waals surface area contributed by atoms with Gasteiger partial charge in [0.15, 0.2) is 5.78 Å². The number of rotatable bonds is 1. The van der Waals surface area contributed by atoms with E-state index in [2.05, 4.69) is 53.4 Å². The van der Waals surface area contributed by atoms with Gasteiger partial charge in [-0.25, -0.2) is 0 Å². The lowest BCUT2D eigenvalue weighted by molar-refractivity contribution is -0.114. The summed E-state index contributed by atoms with van der Waals surface area (Å²) >= 11 is 6.20. The van der Waals surface area contributed by atoms with Gasteiger partial charge in [0.1, 0.15) is 17.4 Å². The first kappa shape index (κ1) is 19.8. The highest BCUT2D eigenvalue weighted by Crippen LogP contribution is 2.46. The molecular weight excluding hydrogens is 358 g/mol. The van der Waals surface area contributed by atoms with Crippen molar-refractivity contribution in [1.82, 2.24) is 0 Å². The van der Waals surface area contributed by atoms with Gasteiger partial charge in [0.05, 0.1) is 5.69 Å². The third-order valence-corrected chi connectivity index (χ3v) is 5.34. The molecule has 1 atom stereocenters. The molecular formula is C23H28ClNO2. The zero-order chi connectivity index (χ0) is 20.2. The minimum atomic E-state index is -0.696. The average molecular weight is 386 g/mol. The van der Waals surface area contributed by atoms with Crippen molar-refractivity contribution in [2.75, 3.05) is 5.32 Å². The summed E-state index contributed by atoms with van der Waals surface area (Å²) in [5.41, 5.74) is 1.09. The molecule has 0 aromatic heterocycles. The first-order valence-corrected chi connectivity index (χ1v) is 9.63. The summed E-state index contributed by atoms with van der Waals surface area (Å²) in [4.78, 5) is 13.3. The number of carbonyl (C=O) groups is 1. The third kappa shape index (κ3) is 3.45. The molecule has 144 valence electrons. The predicted octanol–water partition coefficient (Wildman–Crippen LogP) is 5.97. The number of carbonyl (C=O) groups excluding carboxylic acids is 1. The number of fused-ring (bicyclic) bond motifs is 1. The van der Waals surface area contributed by atoms with Crippen LogP contribution in [0, 0.1) is 10.8 Å². The van der Waals surface area contributed by atoms with Gasteiger partial charge >= 0.3 is 0 Å². The number of benzene rings is 1. The van der Waals surface area contributed by atoms with Gasteiger partial charge in [-0.05, 0) is 47.3 Å². The van der Waals surface area contributed by atoms with Crippen molar-refractivity contribution in [2.45, 2.75) is 53.2 Å². The zero-order valence-electron chi connectivity index (χ0n) is 16.9. The molecule has 1 heterocycles. The van der Waals surface area contributed by atoms with E-state index in [1.54, 1.807) is 12.1 Å². The monoisotopic (exact) mass is 385 g/mol. The fraction of sp³-hybridized carbons (Fsp3) is 0.435. The minimum absolute atomic E-state index is 0.0992. The molecule has 0 saturated heterocycles. The van der Waals surface area contributed by atoms with Crippen LogP contribution < -0.4 is 10.1 Å². The fourth-order valence-corrected chi connectivity index (χ4v) is 3.80. The number of nitrogens with one attached hydrogen (secondary N) is 1. The van der Waals surface area contributed by atoms with E-state index >= 15 is 0 Å². The minimum Gasteiger partial charge on any atom is -0.481 e. The molecule has 0 saturated carbocycles. The maximum absolute atomic E-state index is 13.3. The van der Waals surface area contributed by atoms with Crippen LogP contribution in [0.1, 0.15) is 41.5 Å². The molecule has 1 aromatic carbocycles. The molecule has 1 aliphatic heterocycles. The summed E-state index contributed by atoms with van der Waals surface area (Å²) in [7, 11) is 0. The average Bonchev–Trinajstić information content (AvgIpc) is 2.54. The predicted molar refractivity (Wildman–Crippen MR) is 113 cm³/mol. The van der Waals surface area contributed by atoms with E-state index in [9.17, 15) is 4.79 Å². The highest BCUT2D eigenvalue weighted by atomic mass is 35.5. The lowest BCUT2D eigenvalue weighted by atomic mass is 9.67. The summed E-state index contributed by atoms with van der Waals surface area (Å²) in [6.07, 6.45) is 5.46. The third-order valence-electron chi connectivity index (χ3n) is 5.10. The Morgan fingerprint density at radius 1 is 1.11 bits per heavy atom. The molecule has 0 amide bonds. The van der Waals surface area contributed by atoms with Gasteiger partial charge < -0.3 is 10.1 Å². The molecule has 4 heteroatoms. The van der Waals surface area contributed by atoms with E-state index in [4.69, 9.17) is 16.3 Å². The van der Waals surface area contributed by atoms with Crippen LogP contribution in [-0.4, -0.2) is 17.4 Å². The molecule has 0 radical (unpaired) electrons. The van der Waals surface area contributed by atoms with Crippen molar-refractivity contribution in [2.24, 2.45) is 10.8 Å². The maximum atomic E-state index is 13.3. The van der Waals surface area contributed by atoms with Crippen molar-refractivity contribution in [3.63, 3.8) is 0 Å². The zero-order valence-corrected chi connectivity index (χ0v) is 17.7. The van der Waals surface area contributed by atoms with Gasteiger partial charge in [-0.15, -0.1) is 0 Å². The van der Waals surface area contributed by atoms with Gasteiger partial charge in [-0.3, -0.25) is 4.79 Å². The molecule has 3 rings (SSSR count). The van der Waals surface area contributed by atoms with Crippen LogP contribution >= 0.6 is 11.6 Å². The van der Waals surface area contributed by atoms with Gasteiger partial charge in [-0.1, -0.05) is 59.7 Å². The maximum Gasteiger partial charge on any atom is 0.185 e. The second-order valence-electron chi connectivity index (χ2n) is 9.42.